The van der Waals surface area contributed by atoms with Crippen molar-refractivity contribution >= 4 is 0 Å². The Balaban J connectivity index is 1.45. The van der Waals surface area contributed by atoms with Gasteiger partial charge in [-0.3, -0.25) is 0 Å². The van der Waals surface area contributed by atoms with E-state index in [2.05, 4.69) is 17.6 Å². The van der Waals surface area contributed by atoms with E-state index in [9.17, 15) is 0 Å². The van der Waals surface area contributed by atoms with Crippen LogP contribution in [0.15, 0.2) is 30.3 Å². The van der Waals surface area contributed by atoms with Gasteiger partial charge in [-0.05, 0) is 44.9 Å². The van der Waals surface area contributed by atoms with Crippen molar-refractivity contribution in [1.82, 2.24) is 10.6 Å². The second-order valence-electron chi connectivity index (χ2n) is 5.05. The van der Waals surface area contributed by atoms with E-state index < -0.39 is 0 Å². The van der Waals surface area contributed by atoms with Crippen molar-refractivity contribution in [1.29, 1.82) is 0 Å². The number of nitrogens with one attached hydrogen (secondary N) is 2. The SMILES string of the molecule is CC(CNC1CC1)NCCCOc1ccccc1. The molecule has 0 aromatic heterocycles. The van der Waals surface area contributed by atoms with E-state index in [-0.39, 0.29) is 0 Å². The summed E-state index contributed by atoms with van der Waals surface area (Å²) >= 11 is 0. The zero-order valence-electron chi connectivity index (χ0n) is 11.2. The molecule has 3 heteroatoms. The van der Waals surface area contributed by atoms with Gasteiger partial charge < -0.3 is 15.4 Å². The first kappa shape index (κ1) is 13.4. The van der Waals surface area contributed by atoms with Crippen LogP contribution in [0.3, 0.4) is 0 Å². The molecule has 1 unspecified atom stereocenters. The average molecular weight is 248 g/mol. The molecule has 1 fully saturated rings. The van der Waals surface area contributed by atoms with Crippen molar-refractivity contribution in [2.45, 2.75) is 38.3 Å². The summed E-state index contributed by atoms with van der Waals surface area (Å²) in [4.78, 5) is 0. The first-order chi connectivity index (χ1) is 8.84. The minimum absolute atomic E-state index is 0.544. The molecule has 0 amide bonds. The quantitative estimate of drug-likeness (QED) is 0.657. The number of para-hydroxylation sites is 1. The van der Waals surface area contributed by atoms with Gasteiger partial charge in [0.05, 0.1) is 6.61 Å². The molecule has 2 N–H and O–H groups in total. The van der Waals surface area contributed by atoms with Crippen molar-refractivity contribution in [3.05, 3.63) is 30.3 Å². The van der Waals surface area contributed by atoms with E-state index in [0.717, 1.165) is 37.9 Å². The largest absolute Gasteiger partial charge is 0.494 e. The highest BCUT2D eigenvalue weighted by molar-refractivity contribution is 5.20. The molecule has 1 aromatic rings. The number of ether oxygens (including phenoxy) is 1. The predicted molar refractivity (Wildman–Crippen MR) is 75.0 cm³/mol. The predicted octanol–water partition coefficient (Wildman–Crippen LogP) is 2.19. The second kappa shape index (κ2) is 7.39. The van der Waals surface area contributed by atoms with Crippen LogP contribution in [-0.4, -0.2) is 31.8 Å². The van der Waals surface area contributed by atoms with E-state index in [1.807, 2.05) is 30.3 Å². The van der Waals surface area contributed by atoms with Crippen molar-refractivity contribution in [2.24, 2.45) is 0 Å². The molecule has 18 heavy (non-hydrogen) atoms. The number of rotatable bonds is 9. The molecular weight excluding hydrogens is 224 g/mol. The standard InChI is InChI=1S/C15H24N2O/c1-13(12-17-14-8-9-14)16-10-5-11-18-15-6-3-2-4-7-15/h2-4,6-7,13-14,16-17H,5,8-12H2,1H3. The lowest BCUT2D eigenvalue weighted by molar-refractivity contribution is 0.305. The zero-order chi connectivity index (χ0) is 12.6. The maximum absolute atomic E-state index is 5.64. The number of hydrogen-bond donors (Lipinski definition) is 2. The van der Waals surface area contributed by atoms with Gasteiger partial charge in [-0.25, -0.2) is 0 Å². The fourth-order valence-electron chi connectivity index (χ4n) is 1.83. The molecule has 1 saturated carbocycles. The zero-order valence-corrected chi connectivity index (χ0v) is 11.2. The molecular formula is C15H24N2O. The molecule has 1 aliphatic carbocycles. The molecule has 3 nitrogen and oxygen atoms in total. The van der Waals surface area contributed by atoms with Gasteiger partial charge in [-0.2, -0.15) is 0 Å². The Kier molecular flexibility index (Phi) is 5.49. The maximum Gasteiger partial charge on any atom is 0.119 e. The number of hydrogen-bond acceptors (Lipinski definition) is 3. The third-order valence-corrected chi connectivity index (χ3v) is 3.12. The first-order valence-electron chi connectivity index (χ1n) is 6.99. The van der Waals surface area contributed by atoms with Crippen LogP contribution in [0.2, 0.25) is 0 Å². The van der Waals surface area contributed by atoms with E-state index in [0.29, 0.717) is 6.04 Å². The molecule has 1 atom stereocenters. The van der Waals surface area contributed by atoms with Crippen LogP contribution in [0, 0.1) is 0 Å². The molecule has 0 radical (unpaired) electrons. The Morgan fingerprint density at radius 2 is 2.06 bits per heavy atom. The molecule has 1 aromatic carbocycles. The van der Waals surface area contributed by atoms with Gasteiger partial charge >= 0.3 is 0 Å². The molecule has 0 saturated heterocycles. The van der Waals surface area contributed by atoms with Gasteiger partial charge in [0.1, 0.15) is 5.75 Å². The normalized spacial score (nSPS) is 16.5. The topological polar surface area (TPSA) is 33.3 Å². The van der Waals surface area contributed by atoms with Gasteiger partial charge in [0, 0.05) is 18.6 Å². The van der Waals surface area contributed by atoms with Crippen LogP contribution in [0.4, 0.5) is 0 Å². The minimum Gasteiger partial charge on any atom is -0.494 e. The van der Waals surface area contributed by atoms with Crippen molar-refractivity contribution in [3.8, 4) is 5.75 Å². The third-order valence-electron chi connectivity index (χ3n) is 3.12. The smallest absolute Gasteiger partial charge is 0.119 e. The van der Waals surface area contributed by atoms with Gasteiger partial charge in [-0.1, -0.05) is 18.2 Å². The summed E-state index contributed by atoms with van der Waals surface area (Å²) in [5.41, 5.74) is 0. The Morgan fingerprint density at radius 1 is 1.28 bits per heavy atom. The summed E-state index contributed by atoms with van der Waals surface area (Å²) in [6.07, 6.45) is 3.76. The lowest BCUT2D eigenvalue weighted by Crippen LogP contribution is -2.37. The van der Waals surface area contributed by atoms with Crippen molar-refractivity contribution in [2.75, 3.05) is 19.7 Å². The van der Waals surface area contributed by atoms with E-state index in [4.69, 9.17) is 4.74 Å². The Labute approximate surface area is 110 Å². The van der Waals surface area contributed by atoms with Gasteiger partial charge in [0.25, 0.3) is 0 Å². The van der Waals surface area contributed by atoms with Crippen molar-refractivity contribution < 1.29 is 4.74 Å². The van der Waals surface area contributed by atoms with Crippen molar-refractivity contribution in [3.63, 3.8) is 0 Å². The van der Waals surface area contributed by atoms with E-state index in [1.165, 1.54) is 12.8 Å². The monoisotopic (exact) mass is 248 g/mol. The van der Waals surface area contributed by atoms with E-state index in [1.54, 1.807) is 0 Å². The van der Waals surface area contributed by atoms with Crippen LogP contribution < -0.4 is 15.4 Å². The maximum atomic E-state index is 5.64. The van der Waals surface area contributed by atoms with Crippen LogP contribution in [-0.2, 0) is 0 Å². The lowest BCUT2D eigenvalue weighted by Gasteiger charge is -2.14. The third kappa shape index (κ3) is 5.52. The highest BCUT2D eigenvalue weighted by atomic mass is 16.5. The van der Waals surface area contributed by atoms with Gasteiger partial charge in [0.2, 0.25) is 0 Å². The Hall–Kier alpha value is -1.06. The lowest BCUT2D eigenvalue weighted by atomic mass is 10.3. The van der Waals surface area contributed by atoms with Gasteiger partial charge in [0.15, 0.2) is 0 Å². The van der Waals surface area contributed by atoms with Gasteiger partial charge in [-0.15, -0.1) is 0 Å². The molecule has 1 aliphatic rings. The average Bonchev–Trinajstić information content (AvgIpc) is 3.21. The van der Waals surface area contributed by atoms with E-state index >= 15 is 0 Å². The summed E-state index contributed by atoms with van der Waals surface area (Å²) in [5.74, 6) is 0.959. The van der Waals surface area contributed by atoms with Crippen LogP contribution in [0.1, 0.15) is 26.2 Å². The molecule has 0 spiro atoms. The Morgan fingerprint density at radius 3 is 2.78 bits per heavy atom. The second-order valence-corrected chi connectivity index (χ2v) is 5.05. The summed E-state index contributed by atoms with van der Waals surface area (Å²) in [6, 6.07) is 11.3. The fourth-order valence-corrected chi connectivity index (χ4v) is 1.83. The highest BCUT2D eigenvalue weighted by Gasteiger charge is 2.20. The first-order valence-corrected chi connectivity index (χ1v) is 6.99. The fraction of sp³-hybridized carbons (Fsp3) is 0.600. The molecule has 2 rings (SSSR count). The molecule has 0 aliphatic heterocycles. The molecule has 100 valence electrons. The summed E-state index contributed by atoms with van der Waals surface area (Å²) < 4.78 is 5.64. The van der Waals surface area contributed by atoms with Crippen LogP contribution >= 0.6 is 0 Å². The minimum atomic E-state index is 0.544. The molecule has 0 heterocycles. The highest BCUT2D eigenvalue weighted by Crippen LogP contribution is 2.18. The summed E-state index contributed by atoms with van der Waals surface area (Å²) in [7, 11) is 0. The van der Waals surface area contributed by atoms with Crippen LogP contribution in [0.25, 0.3) is 0 Å². The summed E-state index contributed by atoms with van der Waals surface area (Å²) in [6.45, 7) is 5.10. The molecule has 0 bridgehead atoms. The number of benzene rings is 1. The summed E-state index contributed by atoms with van der Waals surface area (Å²) in [5, 5.41) is 7.04. The Bertz CT molecular complexity index is 325. The van der Waals surface area contributed by atoms with Crippen LogP contribution in [0.5, 0.6) is 5.75 Å².